The van der Waals surface area contributed by atoms with Gasteiger partial charge in [-0.2, -0.15) is 4.31 Å². The lowest BCUT2D eigenvalue weighted by molar-refractivity contribution is -0.132. The molecule has 1 amide bonds. The molecule has 7 heteroatoms. The first-order chi connectivity index (χ1) is 8.99. The van der Waals surface area contributed by atoms with E-state index in [1.54, 1.807) is 4.90 Å². The van der Waals surface area contributed by atoms with Crippen LogP contribution in [0.25, 0.3) is 0 Å². The topological polar surface area (TPSA) is 83.7 Å². The first kappa shape index (κ1) is 17.4. The minimum absolute atomic E-state index is 0.0231. The lowest BCUT2D eigenvalue weighted by Crippen LogP contribution is -2.51. The Labute approximate surface area is 122 Å². The quantitative estimate of drug-likeness (QED) is 0.806. The summed E-state index contributed by atoms with van der Waals surface area (Å²) in [5, 5.41) is 0. The fourth-order valence-corrected chi connectivity index (χ4v) is 3.31. The smallest absolute Gasteiger partial charge is 0.224 e. The van der Waals surface area contributed by atoms with Crippen molar-refractivity contribution in [3.05, 3.63) is 0 Å². The van der Waals surface area contributed by atoms with Gasteiger partial charge in [-0.25, -0.2) is 8.42 Å². The number of carbonyl (C=O) groups excluding carboxylic acids is 1. The molecule has 1 fully saturated rings. The molecule has 1 saturated heterocycles. The van der Waals surface area contributed by atoms with Gasteiger partial charge in [-0.05, 0) is 11.8 Å². The van der Waals surface area contributed by atoms with Crippen molar-refractivity contribution in [2.75, 3.05) is 32.4 Å². The second-order valence-corrected chi connectivity index (χ2v) is 8.75. The average Bonchev–Trinajstić information content (AvgIpc) is 2.25. The molecule has 1 unspecified atom stereocenters. The molecule has 0 radical (unpaired) electrons. The number of amides is 1. The molecule has 0 spiro atoms. The van der Waals surface area contributed by atoms with Crippen LogP contribution in [0.4, 0.5) is 0 Å². The predicted octanol–water partition coefficient (Wildman–Crippen LogP) is 0.244. The summed E-state index contributed by atoms with van der Waals surface area (Å²) in [7, 11) is -3.15. The minimum Gasteiger partial charge on any atom is -0.340 e. The maximum Gasteiger partial charge on any atom is 0.224 e. The number of piperazine rings is 1. The molecular weight excluding hydrogens is 278 g/mol. The SMILES string of the molecule is CC(C)(C)CC(N)CC(=O)N1CCN(S(C)(=O)=O)CC1. The van der Waals surface area contributed by atoms with E-state index >= 15 is 0 Å². The van der Waals surface area contributed by atoms with Crippen molar-refractivity contribution in [1.29, 1.82) is 0 Å². The summed E-state index contributed by atoms with van der Waals surface area (Å²) in [6.07, 6.45) is 2.32. The van der Waals surface area contributed by atoms with E-state index in [0.717, 1.165) is 6.42 Å². The van der Waals surface area contributed by atoms with Crippen LogP contribution in [0.5, 0.6) is 0 Å². The first-order valence-electron chi connectivity index (χ1n) is 6.97. The Morgan fingerprint density at radius 3 is 2.10 bits per heavy atom. The molecule has 20 heavy (non-hydrogen) atoms. The Hall–Kier alpha value is -0.660. The van der Waals surface area contributed by atoms with E-state index in [2.05, 4.69) is 20.8 Å². The molecule has 0 aromatic carbocycles. The molecule has 0 aromatic rings. The standard InChI is InChI=1S/C13H27N3O3S/c1-13(2,3)10-11(14)9-12(17)15-5-7-16(8-6-15)20(4,18)19/h11H,5-10,14H2,1-4H3. The molecular formula is C13H27N3O3S. The molecule has 6 nitrogen and oxygen atoms in total. The first-order valence-corrected chi connectivity index (χ1v) is 8.82. The Kier molecular flexibility index (Phi) is 5.57. The summed E-state index contributed by atoms with van der Waals surface area (Å²) in [5.74, 6) is 0.0231. The Balaban J connectivity index is 2.44. The third kappa shape index (κ3) is 5.76. The monoisotopic (exact) mass is 305 g/mol. The van der Waals surface area contributed by atoms with Gasteiger partial charge in [0.05, 0.1) is 6.26 Å². The van der Waals surface area contributed by atoms with Gasteiger partial charge in [0.25, 0.3) is 0 Å². The van der Waals surface area contributed by atoms with E-state index < -0.39 is 10.0 Å². The van der Waals surface area contributed by atoms with Crippen LogP contribution in [-0.2, 0) is 14.8 Å². The maximum atomic E-state index is 12.1. The summed E-state index contributed by atoms with van der Waals surface area (Å²) in [6, 6.07) is -0.143. The largest absolute Gasteiger partial charge is 0.340 e. The molecule has 118 valence electrons. The van der Waals surface area contributed by atoms with Gasteiger partial charge in [0.2, 0.25) is 15.9 Å². The molecule has 1 heterocycles. The summed E-state index contributed by atoms with van der Waals surface area (Å²) in [6.45, 7) is 7.95. The van der Waals surface area contributed by atoms with Gasteiger partial charge < -0.3 is 10.6 Å². The van der Waals surface area contributed by atoms with E-state index in [0.29, 0.717) is 32.6 Å². The predicted molar refractivity (Wildman–Crippen MR) is 79.7 cm³/mol. The number of sulfonamides is 1. The number of hydrogen-bond acceptors (Lipinski definition) is 4. The van der Waals surface area contributed by atoms with Gasteiger partial charge >= 0.3 is 0 Å². The van der Waals surface area contributed by atoms with E-state index in [4.69, 9.17) is 5.73 Å². The molecule has 0 saturated carbocycles. The highest BCUT2D eigenvalue weighted by molar-refractivity contribution is 7.88. The zero-order valence-electron chi connectivity index (χ0n) is 12.9. The van der Waals surface area contributed by atoms with Gasteiger partial charge in [-0.3, -0.25) is 4.79 Å². The van der Waals surface area contributed by atoms with Crippen LogP contribution in [0.2, 0.25) is 0 Å². The molecule has 2 N–H and O–H groups in total. The van der Waals surface area contributed by atoms with Gasteiger partial charge in [0, 0.05) is 38.6 Å². The molecule has 0 aliphatic carbocycles. The van der Waals surface area contributed by atoms with Gasteiger partial charge in [0.1, 0.15) is 0 Å². The third-order valence-corrected chi connectivity index (χ3v) is 4.67. The van der Waals surface area contributed by atoms with Gasteiger partial charge in [-0.15, -0.1) is 0 Å². The molecule has 1 rings (SSSR count). The zero-order chi connectivity index (χ0) is 15.6. The maximum absolute atomic E-state index is 12.1. The van der Waals surface area contributed by atoms with Crippen molar-refractivity contribution in [2.24, 2.45) is 11.1 Å². The van der Waals surface area contributed by atoms with Crippen molar-refractivity contribution in [3.8, 4) is 0 Å². The summed E-state index contributed by atoms with van der Waals surface area (Å²) < 4.78 is 24.2. The fourth-order valence-electron chi connectivity index (χ4n) is 2.48. The van der Waals surface area contributed by atoms with Gasteiger partial charge in [0.15, 0.2) is 0 Å². The zero-order valence-corrected chi connectivity index (χ0v) is 13.7. The lowest BCUT2D eigenvalue weighted by atomic mass is 9.87. The van der Waals surface area contributed by atoms with Crippen molar-refractivity contribution in [1.82, 2.24) is 9.21 Å². The van der Waals surface area contributed by atoms with Crippen molar-refractivity contribution >= 4 is 15.9 Å². The van der Waals surface area contributed by atoms with Crippen LogP contribution in [0, 0.1) is 5.41 Å². The summed E-state index contributed by atoms with van der Waals surface area (Å²) in [4.78, 5) is 13.8. The number of rotatable bonds is 4. The number of nitrogens with zero attached hydrogens (tertiary/aromatic N) is 2. The molecule has 1 atom stereocenters. The van der Waals surface area contributed by atoms with E-state index in [1.165, 1.54) is 10.6 Å². The number of hydrogen-bond donors (Lipinski definition) is 1. The molecule has 0 aromatic heterocycles. The highest BCUT2D eigenvalue weighted by Crippen LogP contribution is 2.21. The Morgan fingerprint density at radius 1 is 1.20 bits per heavy atom. The lowest BCUT2D eigenvalue weighted by Gasteiger charge is -2.34. The van der Waals surface area contributed by atoms with Crippen molar-refractivity contribution in [3.63, 3.8) is 0 Å². The summed E-state index contributed by atoms with van der Waals surface area (Å²) >= 11 is 0. The molecule has 1 aliphatic rings. The second kappa shape index (κ2) is 6.41. The third-order valence-electron chi connectivity index (χ3n) is 3.37. The average molecular weight is 305 g/mol. The Morgan fingerprint density at radius 2 is 1.70 bits per heavy atom. The second-order valence-electron chi connectivity index (χ2n) is 6.77. The van der Waals surface area contributed by atoms with Crippen LogP contribution in [0.15, 0.2) is 0 Å². The van der Waals surface area contributed by atoms with Crippen LogP contribution >= 0.6 is 0 Å². The van der Waals surface area contributed by atoms with Crippen LogP contribution < -0.4 is 5.73 Å². The van der Waals surface area contributed by atoms with E-state index in [-0.39, 0.29) is 17.4 Å². The molecule has 0 bridgehead atoms. The van der Waals surface area contributed by atoms with Crippen molar-refractivity contribution in [2.45, 2.75) is 39.7 Å². The van der Waals surface area contributed by atoms with Crippen LogP contribution in [-0.4, -0.2) is 62.0 Å². The number of carbonyl (C=O) groups is 1. The van der Waals surface area contributed by atoms with Crippen molar-refractivity contribution < 1.29 is 13.2 Å². The highest BCUT2D eigenvalue weighted by atomic mass is 32.2. The van der Waals surface area contributed by atoms with Crippen LogP contribution in [0.1, 0.15) is 33.6 Å². The van der Waals surface area contributed by atoms with Gasteiger partial charge in [-0.1, -0.05) is 20.8 Å². The van der Waals surface area contributed by atoms with E-state index in [1.807, 2.05) is 0 Å². The summed E-state index contributed by atoms with van der Waals surface area (Å²) in [5.41, 5.74) is 6.12. The fraction of sp³-hybridized carbons (Fsp3) is 0.923. The normalized spacial score (nSPS) is 19.9. The highest BCUT2D eigenvalue weighted by Gasteiger charge is 2.27. The van der Waals surface area contributed by atoms with E-state index in [9.17, 15) is 13.2 Å². The minimum atomic E-state index is -3.15. The molecule has 1 aliphatic heterocycles. The Bertz CT molecular complexity index is 434. The number of nitrogens with two attached hydrogens (primary N) is 1. The van der Waals surface area contributed by atoms with Crippen LogP contribution in [0.3, 0.4) is 0 Å².